The maximum atomic E-state index is 6.11. The van der Waals surface area contributed by atoms with Crippen molar-refractivity contribution in [1.82, 2.24) is 0 Å². The molecule has 4 nitrogen and oxygen atoms in total. The van der Waals surface area contributed by atoms with Crippen LogP contribution in [0.15, 0.2) is 57.8 Å². The lowest BCUT2D eigenvalue weighted by Crippen LogP contribution is -2.02. The second-order valence-electron chi connectivity index (χ2n) is 7.03. The predicted octanol–water partition coefficient (Wildman–Crippen LogP) is 7.57. The Morgan fingerprint density at radius 2 is 1.17 bits per heavy atom. The third-order valence-electron chi connectivity index (χ3n) is 4.59. The average Bonchev–Trinajstić information content (AvgIpc) is 3.46. The third kappa shape index (κ3) is 6.45. The van der Waals surface area contributed by atoms with Crippen molar-refractivity contribution < 1.29 is 18.3 Å². The van der Waals surface area contributed by atoms with Crippen LogP contribution in [0.1, 0.15) is 62.2 Å². The van der Waals surface area contributed by atoms with E-state index in [0.29, 0.717) is 13.2 Å². The van der Waals surface area contributed by atoms with Gasteiger partial charge < -0.3 is 18.3 Å². The molecular formula is C26H30O4. The second-order valence-corrected chi connectivity index (χ2v) is 7.03. The van der Waals surface area contributed by atoms with Gasteiger partial charge in [-0.05, 0) is 73.5 Å². The molecule has 0 atom stereocenters. The van der Waals surface area contributed by atoms with E-state index in [1.165, 1.54) is 0 Å². The molecule has 0 aliphatic heterocycles. The lowest BCUT2D eigenvalue weighted by Gasteiger charge is -2.15. The molecular weight excluding hydrogens is 376 g/mol. The molecule has 4 heteroatoms. The van der Waals surface area contributed by atoms with E-state index in [2.05, 4.69) is 13.8 Å². The van der Waals surface area contributed by atoms with Gasteiger partial charge in [0.15, 0.2) is 0 Å². The summed E-state index contributed by atoms with van der Waals surface area (Å²) >= 11 is 0. The zero-order valence-electron chi connectivity index (χ0n) is 17.8. The monoisotopic (exact) mass is 406 g/mol. The molecule has 158 valence electrons. The van der Waals surface area contributed by atoms with Gasteiger partial charge in [0, 0.05) is 11.1 Å². The molecule has 0 unspecified atom stereocenters. The van der Waals surface area contributed by atoms with E-state index in [0.717, 1.165) is 59.8 Å². The van der Waals surface area contributed by atoms with Gasteiger partial charge in [-0.3, -0.25) is 0 Å². The van der Waals surface area contributed by atoms with Crippen molar-refractivity contribution in [2.75, 3.05) is 13.2 Å². The number of hydrogen-bond acceptors (Lipinski definition) is 4. The number of furan rings is 2. The van der Waals surface area contributed by atoms with Crippen LogP contribution in [0.5, 0.6) is 11.5 Å². The number of hydrogen-bond donors (Lipinski definition) is 0. The van der Waals surface area contributed by atoms with Crippen LogP contribution < -0.4 is 9.47 Å². The summed E-state index contributed by atoms with van der Waals surface area (Å²) in [4.78, 5) is 0. The first kappa shape index (κ1) is 21.6. The van der Waals surface area contributed by atoms with Crippen LogP contribution >= 0.6 is 0 Å². The average molecular weight is 407 g/mol. The molecule has 0 saturated heterocycles. The van der Waals surface area contributed by atoms with Gasteiger partial charge in [-0.25, -0.2) is 0 Å². The summed E-state index contributed by atoms with van der Waals surface area (Å²) in [6.45, 7) is 5.66. The number of unbranched alkanes of at least 4 members (excludes halogenated alkanes) is 2. The largest absolute Gasteiger partial charge is 0.493 e. The lowest BCUT2D eigenvalue weighted by atomic mass is 10.1. The fraction of sp³-hybridized carbons (Fsp3) is 0.308. The van der Waals surface area contributed by atoms with Gasteiger partial charge in [-0.2, -0.15) is 0 Å². The van der Waals surface area contributed by atoms with Crippen molar-refractivity contribution in [2.45, 2.75) is 39.5 Å². The minimum atomic E-state index is 0.676. The van der Waals surface area contributed by atoms with Crippen LogP contribution in [0, 0.1) is 0 Å². The normalized spacial score (nSPS) is 11.5. The molecule has 0 fully saturated rings. The van der Waals surface area contributed by atoms with Crippen molar-refractivity contribution in [3.63, 3.8) is 0 Å². The van der Waals surface area contributed by atoms with Crippen molar-refractivity contribution in [2.24, 2.45) is 0 Å². The van der Waals surface area contributed by atoms with Crippen molar-refractivity contribution in [1.29, 1.82) is 0 Å². The summed E-state index contributed by atoms with van der Waals surface area (Å²) in [7, 11) is 0. The van der Waals surface area contributed by atoms with E-state index in [1.54, 1.807) is 12.5 Å². The quantitative estimate of drug-likeness (QED) is 0.291. The molecule has 0 N–H and O–H groups in total. The summed E-state index contributed by atoms with van der Waals surface area (Å²) in [5.74, 6) is 3.25. The lowest BCUT2D eigenvalue weighted by molar-refractivity contribution is 0.300. The highest BCUT2D eigenvalue weighted by molar-refractivity contribution is 5.77. The summed E-state index contributed by atoms with van der Waals surface area (Å²) in [6, 6.07) is 11.7. The van der Waals surface area contributed by atoms with Gasteiger partial charge in [0.2, 0.25) is 0 Å². The van der Waals surface area contributed by atoms with Crippen LogP contribution in [-0.2, 0) is 0 Å². The Hall–Kier alpha value is -3.14. The summed E-state index contributed by atoms with van der Waals surface area (Å²) in [6.07, 6.45) is 15.4. The number of ether oxygens (including phenoxy) is 2. The Balaban J connectivity index is 1.94. The summed E-state index contributed by atoms with van der Waals surface area (Å²) in [5.41, 5.74) is 1.92. The molecule has 0 radical (unpaired) electrons. The Labute approximate surface area is 178 Å². The van der Waals surface area contributed by atoms with Crippen LogP contribution in [0.2, 0.25) is 0 Å². The van der Waals surface area contributed by atoms with Gasteiger partial charge in [0.05, 0.1) is 25.7 Å². The minimum absolute atomic E-state index is 0.676. The molecule has 2 heterocycles. The predicted molar refractivity (Wildman–Crippen MR) is 123 cm³/mol. The van der Waals surface area contributed by atoms with E-state index in [-0.39, 0.29) is 0 Å². The zero-order chi connectivity index (χ0) is 21.0. The molecule has 0 aliphatic carbocycles. The van der Waals surface area contributed by atoms with E-state index < -0.39 is 0 Å². The second kappa shape index (κ2) is 11.8. The molecule has 0 spiro atoms. The molecule has 0 aliphatic rings. The summed E-state index contributed by atoms with van der Waals surface area (Å²) < 4.78 is 23.1. The molecule has 0 saturated carbocycles. The molecule has 30 heavy (non-hydrogen) atoms. The zero-order valence-corrected chi connectivity index (χ0v) is 17.8. The van der Waals surface area contributed by atoms with E-state index in [9.17, 15) is 0 Å². The molecule has 3 aromatic rings. The summed E-state index contributed by atoms with van der Waals surface area (Å²) in [5, 5.41) is 0. The first-order valence-corrected chi connectivity index (χ1v) is 10.7. The van der Waals surface area contributed by atoms with Gasteiger partial charge in [-0.1, -0.05) is 26.7 Å². The molecule has 1 aromatic carbocycles. The van der Waals surface area contributed by atoms with Crippen LogP contribution in [0.3, 0.4) is 0 Å². The fourth-order valence-corrected chi connectivity index (χ4v) is 2.87. The molecule has 0 amide bonds. The van der Waals surface area contributed by atoms with Gasteiger partial charge in [-0.15, -0.1) is 0 Å². The first-order valence-electron chi connectivity index (χ1n) is 10.7. The van der Waals surface area contributed by atoms with Gasteiger partial charge >= 0.3 is 0 Å². The van der Waals surface area contributed by atoms with Crippen LogP contribution in [0.25, 0.3) is 24.3 Å². The number of benzene rings is 1. The minimum Gasteiger partial charge on any atom is -0.493 e. The van der Waals surface area contributed by atoms with Crippen molar-refractivity contribution in [3.05, 3.63) is 71.6 Å². The Bertz CT molecular complexity index is 840. The van der Waals surface area contributed by atoms with E-state index in [4.69, 9.17) is 18.3 Å². The smallest absolute Gasteiger partial charge is 0.127 e. The van der Waals surface area contributed by atoms with Crippen molar-refractivity contribution >= 4 is 24.3 Å². The van der Waals surface area contributed by atoms with E-state index in [1.807, 2.05) is 60.7 Å². The van der Waals surface area contributed by atoms with Crippen LogP contribution in [0.4, 0.5) is 0 Å². The maximum Gasteiger partial charge on any atom is 0.127 e. The third-order valence-corrected chi connectivity index (χ3v) is 4.59. The highest BCUT2D eigenvalue weighted by Gasteiger charge is 2.10. The number of rotatable bonds is 12. The Kier molecular flexibility index (Phi) is 8.46. The topological polar surface area (TPSA) is 44.7 Å². The fourth-order valence-electron chi connectivity index (χ4n) is 2.87. The molecule has 2 aromatic heterocycles. The maximum absolute atomic E-state index is 6.11. The van der Waals surface area contributed by atoms with E-state index >= 15 is 0 Å². The molecule has 3 rings (SSSR count). The van der Waals surface area contributed by atoms with Gasteiger partial charge in [0.1, 0.15) is 23.0 Å². The van der Waals surface area contributed by atoms with Crippen LogP contribution in [-0.4, -0.2) is 13.2 Å². The Morgan fingerprint density at radius 3 is 1.53 bits per heavy atom. The first-order chi connectivity index (χ1) is 14.8. The standard InChI is InChI=1S/C26H30O4/c1-3-5-15-29-25-19-22(12-14-24-10-8-18-28-24)26(30-16-6-4-2)20-21(25)11-13-23-9-7-17-27-23/h7-14,17-20H,3-6,15-16H2,1-2H3/b13-11+,14-12+. The highest BCUT2D eigenvalue weighted by Crippen LogP contribution is 2.32. The van der Waals surface area contributed by atoms with Crippen molar-refractivity contribution in [3.8, 4) is 11.5 Å². The highest BCUT2D eigenvalue weighted by atomic mass is 16.5. The Morgan fingerprint density at radius 1 is 0.700 bits per heavy atom. The molecule has 0 bridgehead atoms. The van der Waals surface area contributed by atoms with Gasteiger partial charge in [0.25, 0.3) is 0 Å². The SMILES string of the molecule is CCCCOc1cc(/C=C/c2ccco2)c(OCCCC)cc1/C=C/c1ccco1.